The van der Waals surface area contributed by atoms with Gasteiger partial charge in [-0.15, -0.1) is 5.12 Å². The fourth-order valence-corrected chi connectivity index (χ4v) is 10.4. The van der Waals surface area contributed by atoms with Crippen LogP contribution < -0.4 is 33.5 Å². The van der Waals surface area contributed by atoms with Crippen molar-refractivity contribution in [2.75, 3.05) is 31.5 Å². The maximum atomic E-state index is 13.9. The van der Waals surface area contributed by atoms with Gasteiger partial charge in [0.2, 0.25) is 5.13 Å². The lowest BCUT2D eigenvalue weighted by molar-refractivity contribution is -0.145. The Morgan fingerprint density at radius 3 is 1.45 bits per heavy atom. The number of carbonyl (C=O) groups is 6. The van der Waals surface area contributed by atoms with Gasteiger partial charge in [0.15, 0.2) is 0 Å². The van der Waals surface area contributed by atoms with Crippen LogP contribution in [0, 0.1) is 23.7 Å². The third kappa shape index (κ3) is 20.9. The zero-order valence-electron chi connectivity index (χ0n) is 47.9. The van der Waals surface area contributed by atoms with Crippen molar-refractivity contribution in [2.45, 2.75) is 129 Å². The van der Waals surface area contributed by atoms with Crippen LogP contribution in [0.25, 0.3) is 10.2 Å². The van der Waals surface area contributed by atoms with Crippen LogP contribution in [0.5, 0.6) is 34.5 Å². The summed E-state index contributed by atoms with van der Waals surface area (Å²) in [6.07, 6.45) is 18.6. The van der Waals surface area contributed by atoms with E-state index >= 15 is 0 Å². The van der Waals surface area contributed by atoms with Crippen molar-refractivity contribution < 1.29 is 66.7 Å². The van der Waals surface area contributed by atoms with Gasteiger partial charge >= 0.3 is 35.8 Å². The molecule has 0 amide bonds. The summed E-state index contributed by atoms with van der Waals surface area (Å²) in [6, 6.07) is 26.3. The maximum Gasteiger partial charge on any atom is 0.330 e. The minimum absolute atomic E-state index is 0.190. The smallest absolute Gasteiger partial charge is 0.330 e. The number of hydrogen-bond donors (Lipinski definition) is 0. The summed E-state index contributed by atoms with van der Waals surface area (Å²) < 4.78 is 46.2. The Morgan fingerprint density at radius 1 is 0.536 bits per heavy atom. The fraction of sp³-hybridized carbons (Fsp3) is 0.431. The zero-order valence-corrected chi connectivity index (χ0v) is 48.7. The number of hydrogen-bond acceptors (Lipinski definition) is 19. The largest absolute Gasteiger partial charge is 0.494 e. The summed E-state index contributed by atoms with van der Waals surface area (Å²) in [5.41, 5.74) is 1.14. The Hall–Kier alpha value is -8.19. The standard InChI is InChI=1S/C65H76N4O14S/c1-4-7-14-39-66-69(65-68-56-19-12-13-20-58(56)84-65)67-45-50-44-55(82-63(74)48-23-21-46(22-24-48)61(72)80-53-33-29-51(30-34-53)76-40-15-8-10-17-42-78-59(70)5-2)37-38-57(50)83-64(75)49-27-25-47(26-28-49)62(73)81-54-35-31-52(32-36-54)77-41-16-9-11-18-43-79-60(71)6-3/h5-6,12-13,19-20,29-39,44-49H,2-4,7-11,14-18,21-28,40-43H2,1H3/b66-39+,67-45+. The summed E-state index contributed by atoms with van der Waals surface area (Å²) in [5.74, 6) is -1.67. The highest BCUT2D eigenvalue weighted by Crippen LogP contribution is 2.36. The van der Waals surface area contributed by atoms with Crippen molar-refractivity contribution >= 4 is 74.9 Å². The number of aromatic nitrogens is 1. The van der Waals surface area contributed by atoms with Crippen molar-refractivity contribution in [3.05, 3.63) is 122 Å². The number of rotatable bonds is 33. The highest BCUT2D eigenvalue weighted by atomic mass is 32.1. The van der Waals surface area contributed by atoms with Gasteiger partial charge in [0.05, 0.1) is 66.5 Å². The molecule has 7 rings (SSSR count). The lowest BCUT2D eigenvalue weighted by Gasteiger charge is -2.26. The molecule has 5 aromatic rings. The quantitative estimate of drug-likeness (QED) is 0.00952. The third-order valence-electron chi connectivity index (χ3n) is 14.4. The molecular weight excluding hydrogens is 1090 g/mol. The van der Waals surface area contributed by atoms with Crippen LogP contribution in [0.4, 0.5) is 5.13 Å². The van der Waals surface area contributed by atoms with Crippen LogP contribution in [-0.4, -0.2) is 79.7 Å². The van der Waals surface area contributed by atoms with Gasteiger partial charge in [-0.25, -0.2) is 14.6 Å². The zero-order chi connectivity index (χ0) is 59.3. The predicted molar refractivity (Wildman–Crippen MR) is 321 cm³/mol. The molecule has 0 saturated heterocycles. The number of ether oxygens (including phenoxy) is 8. The van der Waals surface area contributed by atoms with Gasteiger partial charge < -0.3 is 37.9 Å². The molecule has 1 aromatic heterocycles. The van der Waals surface area contributed by atoms with Gasteiger partial charge in [0.25, 0.3) is 0 Å². The van der Waals surface area contributed by atoms with Crippen molar-refractivity contribution in [3.8, 4) is 34.5 Å². The first-order valence-corrected chi connectivity index (χ1v) is 30.1. The van der Waals surface area contributed by atoms with E-state index in [1.165, 1.54) is 22.7 Å². The summed E-state index contributed by atoms with van der Waals surface area (Å²) in [5, 5.41) is 11.3. The van der Waals surface area contributed by atoms with Crippen molar-refractivity contribution in [1.29, 1.82) is 0 Å². The number of para-hydroxylation sites is 1. The van der Waals surface area contributed by atoms with Gasteiger partial charge in [-0.2, -0.15) is 10.2 Å². The molecule has 0 N–H and O–H groups in total. The van der Waals surface area contributed by atoms with E-state index in [0.717, 1.165) is 93.0 Å². The molecule has 84 heavy (non-hydrogen) atoms. The molecule has 446 valence electrons. The number of thiazole rings is 1. The number of fused-ring (bicyclic) bond motifs is 1. The van der Waals surface area contributed by atoms with Gasteiger partial charge in [-0.3, -0.25) is 19.2 Å². The molecule has 2 aliphatic carbocycles. The minimum Gasteiger partial charge on any atom is -0.494 e. The molecule has 0 unspecified atom stereocenters. The number of esters is 6. The highest BCUT2D eigenvalue weighted by Gasteiger charge is 2.34. The van der Waals surface area contributed by atoms with Crippen molar-refractivity contribution in [2.24, 2.45) is 33.9 Å². The SMILES string of the molecule is C=CC(=O)OCCCCCCOc1ccc(OC(=O)C2CCC(C(=O)Oc3ccc(OC(=O)C4CCC(C(=O)Oc5ccc(OCCCCCCOC(=O)C=C)cc5)CC4)c(/C=N/N(/N=C/CCCC)c4nc5ccccc5s4)c3)CC2)cc1. The average molecular weight is 1170 g/mol. The van der Waals surface area contributed by atoms with E-state index in [9.17, 15) is 28.8 Å². The first kappa shape index (κ1) is 63.4. The highest BCUT2D eigenvalue weighted by molar-refractivity contribution is 7.22. The number of carbonyl (C=O) groups excluding carboxylic acids is 6. The summed E-state index contributed by atoms with van der Waals surface area (Å²) in [4.78, 5) is 81.3. The first-order chi connectivity index (χ1) is 41.0. The normalized spacial score (nSPS) is 16.8. The molecule has 1 heterocycles. The summed E-state index contributed by atoms with van der Waals surface area (Å²) in [7, 11) is 0. The molecule has 0 bridgehead atoms. The lowest BCUT2D eigenvalue weighted by atomic mass is 9.82. The monoisotopic (exact) mass is 1170 g/mol. The molecule has 0 radical (unpaired) electrons. The number of unbranched alkanes of at least 4 members (excludes halogenated alkanes) is 8. The van der Waals surface area contributed by atoms with E-state index in [2.05, 4.69) is 25.2 Å². The van der Waals surface area contributed by atoms with E-state index in [0.29, 0.717) is 111 Å². The van der Waals surface area contributed by atoms with Crippen LogP contribution in [0.3, 0.4) is 0 Å². The molecule has 0 aliphatic heterocycles. The molecule has 2 aliphatic rings. The Morgan fingerprint density at radius 2 is 0.976 bits per heavy atom. The van der Waals surface area contributed by atoms with E-state index in [4.69, 9.17) is 48.0 Å². The second-order valence-corrected chi connectivity index (χ2v) is 21.6. The molecule has 0 spiro atoms. The fourth-order valence-electron chi connectivity index (χ4n) is 9.49. The Kier molecular flexibility index (Phi) is 26.0. The Bertz CT molecular complexity index is 2980. The van der Waals surface area contributed by atoms with Gasteiger partial charge in [0, 0.05) is 23.9 Å². The molecule has 2 fully saturated rings. The Labute approximate surface area is 495 Å². The molecule has 4 aromatic carbocycles. The number of benzene rings is 4. The van der Waals surface area contributed by atoms with E-state index in [1.807, 2.05) is 24.3 Å². The molecule has 0 atom stereocenters. The second-order valence-electron chi connectivity index (χ2n) is 20.6. The summed E-state index contributed by atoms with van der Waals surface area (Å²) in [6.45, 7) is 10.7. The lowest BCUT2D eigenvalue weighted by Crippen LogP contribution is -2.30. The predicted octanol–water partition coefficient (Wildman–Crippen LogP) is 13.3. The van der Waals surface area contributed by atoms with Crippen LogP contribution >= 0.6 is 11.3 Å². The van der Waals surface area contributed by atoms with E-state index in [-0.39, 0.29) is 29.4 Å². The van der Waals surface area contributed by atoms with Gasteiger partial charge in [0.1, 0.15) is 34.5 Å². The average Bonchev–Trinajstić information content (AvgIpc) is 4.13. The molecule has 2 saturated carbocycles. The number of hydrazone groups is 2. The summed E-state index contributed by atoms with van der Waals surface area (Å²) >= 11 is 1.42. The minimum atomic E-state index is -0.487. The van der Waals surface area contributed by atoms with Crippen LogP contribution in [0.15, 0.2) is 127 Å². The first-order valence-electron chi connectivity index (χ1n) is 29.3. The van der Waals surface area contributed by atoms with Crippen LogP contribution in [0.2, 0.25) is 0 Å². The van der Waals surface area contributed by atoms with Gasteiger partial charge in [-0.1, -0.05) is 50.0 Å². The van der Waals surface area contributed by atoms with Crippen LogP contribution in [-0.2, 0) is 38.2 Å². The number of anilines is 1. The third-order valence-corrected chi connectivity index (χ3v) is 15.4. The van der Waals surface area contributed by atoms with E-state index in [1.54, 1.807) is 72.9 Å². The molecule has 18 nitrogen and oxygen atoms in total. The van der Waals surface area contributed by atoms with Crippen molar-refractivity contribution in [1.82, 2.24) is 4.98 Å². The Balaban J connectivity index is 0.914. The number of nitrogens with zero attached hydrogens (tertiary/aromatic N) is 4. The molecular formula is C65H76N4O14S. The molecule has 19 heteroatoms. The van der Waals surface area contributed by atoms with Crippen molar-refractivity contribution in [3.63, 3.8) is 0 Å². The van der Waals surface area contributed by atoms with Gasteiger partial charge in [-0.05, 0) is 194 Å². The van der Waals surface area contributed by atoms with E-state index < -0.39 is 41.6 Å². The maximum absolute atomic E-state index is 13.9. The second kappa shape index (κ2) is 34.4. The van der Waals surface area contributed by atoms with Crippen LogP contribution in [0.1, 0.15) is 134 Å². The topological polar surface area (TPSA) is 217 Å².